The second-order valence-corrected chi connectivity index (χ2v) is 6.62. The monoisotopic (exact) mass is 335 g/mol. The molecular weight excluding hydrogens is 314 g/mol. The molecule has 1 aliphatic rings. The van der Waals surface area contributed by atoms with Crippen LogP contribution < -0.4 is 0 Å². The van der Waals surface area contributed by atoms with Crippen LogP contribution >= 0.6 is 0 Å². The summed E-state index contributed by atoms with van der Waals surface area (Å²) in [5.41, 5.74) is 2.90. The standard InChI is InChI=1S/C19H21N5O/c1-13-7-9-20-19(21-13)15-8-10-23(11-15)18(25)12-24-14(2)22-16-5-3-4-6-17(16)24/h3-7,9,15H,8,10-12H2,1-2H3. The van der Waals surface area contributed by atoms with Crippen LogP contribution in [0.4, 0.5) is 0 Å². The predicted octanol–water partition coefficient (Wildman–Crippen LogP) is 2.46. The molecule has 1 atom stereocenters. The van der Waals surface area contributed by atoms with Gasteiger partial charge >= 0.3 is 0 Å². The molecular formula is C19H21N5O. The van der Waals surface area contributed by atoms with Crippen LogP contribution in [0.2, 0.25) is 0 Å². The van der Waals surface area contributed by atoms with Crippen molar-refractivity contribution in [1.29, 1.82) is 0 Å². The number of imidazole rings is 1. The molecule has 0 radical (unpaired) electrons. The molecule has 6 heteroatoms. The molecule has 3 heterocycles. The van der Waals surface area contributed by atoms with Crippen LogP contribution in [0.3, 0.4) is 0 Å². The summed E-state index contributed by atoms with van der Waals surface area (Å²) >= 11 is 0. The van der Waals surface area contributed by atoms with E-state index in [1.165, 1.54) is 0 Å². The molecule has 128 valence electrons. The first kappa shape index (κ1) is 15.7. The molecule has 1 saturated heterocycles. The number of aryl methyl sites for hydroxylation is 2. The summed E-state index contributed by atoms with van der Waals surface area (Å²) in [7, 11) is 0. The highest BCUT2D eigenvalue weighted by molar-refractivity contribution is 5.81. The lowest BCUT2D eigenvalue weighted by Gasteiger charge is -2.17. The van der Waals surface area contributed by atoms with Gasteiger partial charge in [0.2, 0.25) is 5.91 Å². The number of carbonyl (C=O) groups excluding carboxylic acids is 1. The van der Waals surface area contributed by atoms with E-state index in [9.17, 15) is 4.79 Å². The van der Waals surface area contributed by atoms with Gasteiger partial charge in [0.15, 0.2) is 0 Å². The van der Waals surface area contributed by atoms with Crippen molar-refractivity contribution in [2.45, 2.75) is 32.7 Å². The Morgan fingerprint density at radius 2 is 2.04 bits per heavy atom. The molecule has 0 aliphatic carbocycles. The zero-order valence-corrected chi connectivity index (χ0v) is 14.5. The Kier molecular flexibility index (Phi) is 3.95. The van der Waals surface area contributed by atoms with E-state index in [4.69, 9.17) is 0 Å². The minimum Gasteiger partial charge on any atom is -0.340 e. The molecule has 0 spiro atoms. The highest BCUT2D eigenvalue weighted by Crippen LogP contribution is 2.25. The number of para-hydroxylation sites is 2. The predicted molar refractivity (Wildman–Crippen MR) is 95.2 cm³/mol. The average molecular weight is 335 g/mol. The van der Waals surface area contributed by atoms with Crippen molar-refractivity contribution in [3.05, 3.63) is 53.9 Å². The van der Waals surface area contributed by atoms with Crippen molar-refractivity contribution in [2.75, 3.05) is 13.1 Å². The van der Waals surface area contributed by atoms with E-state index in [-0.39, 0.29) is 11.8 Å². The third-order valence-corrected chi connectivity index (χ3v) is 4.86. The van der Waals surface area contributed by atoms with Crippen LogP contribution in [-0.4, -0.2) is 43.4 Å². The molecule has 0 bridgehead atoms. The quantitative estimate of drug-likeness (QED) is 0.737. The van der Waals surface area contributed by atoms with Crippen molar-refractivity contribution < 1.29 is 4.79 Å². The highest BCUT2D eigenvalue weighted by Gasteiger charge is 2.29. The van der Waals surface area contributed by atoms with Gasteiger partial charge < -0.3 is 9.47 Å². The number of amides is 1. The summed E-state index contributed by atoms with van der Waals surface area (Å²) in [5, 5.41) is 0. The van der Waals surface area contributed by atoms with Crippen molar-refractivity contribution in [2.24, 2.45) is 0 Å². The molecule has 1 fully saturated rings. The molecule has 3 aromatic rings. The number of benzene rings is 1. The summed E-state index contributed by atoms with van der Waals surface area (Å²) in [6.07, 6.45) is 2.71. The number of hydrogen-bond donors (Lipinski definition) is 0. The van der Waals surface area contributed by atoms with Gasteiger partial charge in [-0.15, -0.1) is 0 Å². The maximum absolute atomic E-state index is 12.8. The molecule has 0 saturated carbocycles. The Balaban J connectivity index is 1.49. The lowest BCUT2D eigenvalue weighted by Crippen LogP contribution is -2.32. The van der Waals surface area contributed by atoms with Crippen molar-refractivity contribution >= 4 is 16.9 Å². The van der Waals surface area contributed by atoms with Crippen molar-refractivity contribution in [1.82, 2.24) is 24.4 Å². The number of aromatic nitrogens is 4. The van der Waals surface area contributed by atoms with Gasteiger partial charge in [-0.2, -0.15) is 0 Å². The second-order valence-electron chi connectivity index (χ2n) is 6.62. The summed E-state index contributed by atoms with van der Waals surface area (Å²) < 4.78 is 1.99. The van der Waals surface area contributed by atoms with E-state index in [1.807, 2.05) is 53.6 Å². The molecule has 25 heavy (non-hydrogen) atoms. The highest BCUT2D eigenvalue weighted by atomic mass is 16.2. The average Bonchev–Trinajstić information content (AvgIpc) is 3.21. The van der Waals surface area contributed by atoms with Crippen molar-refractivity contribution in [3.8, 4) is 0 Å². The van der Waals surface area contributed by atoms with Crippen LogP contribution in [0.1, 0.15) is 29.7 Å². The Morgan fingerprint density at radius 1 is 1.20 bits per heavy atom. The first-order valence-corrected chi connectivity index (χ1v) is 8.61. The fourth-order valence-electron chi connectivity index (χ4n) is 3.49. The van der Waals surface area contributed by atoms with Crippen LogP contribution in [0.15, 0.2) is 36.5 Å². The first-order valence-electron chi connectivity index (χ1n) is 8.61. The number of fused-ring (bicyclic) bond motifs is 1. The zero-order valence-electron chi connectivity index (χ0n) is 14.5. The van der Waals surface area contributed by atoms with E-state index in [0.717, 1.165) is 41.3 Å². The number of likely N-dealkylation sites (tertiary alicyclic amines) is 1. The summed E-state index contributed by atoms with van der Waals surface area (Å²) in [5.74, 6) is 2.07. The molecule has 1 unspecified atom stereocenters. The van der Waals surface area contributed by atoms with Gasteiger partial charge in [-0.05, 0) is 38.5 Å². The number of nitrogens with zero attached hydrogens (tertiary/aromatic N) is 5. The number of hydrogen-bond acceptors (Lipinski definition) is 4. The third-order valence-electron chi connectivity index (χ3n) is 4.86. The minimum absolute atomic E-state index is 0.126. The second kappa shape index (κ2) is 6.27. The third kappa shape index (κ3) is 2.99. The van der Waals surface area contributed by atoms with Crippen LogP contribution in [-0.2, 0) is 11.3 Å². The largest absolute Gasteiger partial charge is 0.340 e. The molecule has 1 aliphatic heterocycles. The molecule has 1 aromatic carbocycles. The van der Waals surface area contributed by atoms with E-state index < -0.39 is 0 Å². The molecule has 4 rings (SSSR count). The Labute approximate surface area is 146 Å². The first-order chi connectivity index (χ1) is 12.1. The van der Waals surface area contributed by atoms with E-state index in [1.54, 1.807) is 6.20 Å². The number of carbonyl (C=O) groups is 1. The Morgan fingerprint density at radius 3 is 2.88 bits per heavy atom. The SMILES string of the molecule is Cc1ccnc(C2CCN(C(=O)Cn3c(C)nc4ccccc43)C2)n1. The van der Waals surface area contributed by atoms with Gasteiger partial charge in [-0.1, -0.05) is 12.1 Å². The Bertz CT molecular complexity index is 932. The number of rotatable bonds is 3. The summed E-state index contributed by atoms with van der Waals surface area (Å²) in [4.78, 5) is 28.1. The van der Waals surface area contributed by atoms with E-state index in [0.29, 0.717) is 13.1 Å². The van der Waals surface area contributed by atoms with Gasteiger partial charge in [0.25, 0.3) is 0 Å². The van der Waals surface area contributed by atoms with Crippen LogP contribution in [0.25, 0.3) is 11.0 Å². The van der Waals surface area contributed by atoms with Gasteiger partial charge in [0.1, 0.15) is 18.2 Å². The van der Waals surface area contributed by atoms with E-state index >= 15 is 0 Å². The maximum atomic E-state index is 12.8. The maximum Gasteiger partial charge on any atom is 0.242 e. The zero-order chi connectivity index (χ0) is 17.4. The van der Waals surface area contributed by atoms with Gasteiger partial charge in [0, 0.05) is 30.9 Å². The molecule has 2 aromatic heterocycles. The molecule has 1 amide bonds. The minimum atomic E-state index is 0.126. The lowest BCUT2D eigenvalue weighted by molar-refractivity contribution is -0.130. The van der Waals surface area contributed by atoms with Crippen LogP contribution in [0, 0.1) is 13.8 Å². The van der Waals surface area contributed by atoms with Gasteiger partial charge in [0.05, 0.1) is 11.0 Å². The summed E-state index contributed by atoms with van der Waals surface area (Å²) in [6.45, 7) is 5.69. The van der Waals surface area contributed by atoms with E-state index in [2.05, 4.69) is 15.0 Å². The van der Waals surface area contributed by atoms with Gasteiger partial charge in [-0.3, -0.25) is 4.79 Å². The van der Waals surface area contributed by atoms with Crippen LogP contribution in [0.5, 0.6) is 0 Å². The molecule has 0 N–H and O–H groups in total. The fourth-order valence-corrected chi connectivity index (χ4v) is 3.49. The van der Waals surface area contributed by atoms with Gasteiger partial charge in [-0.25, -0.2) is 15.0 Å². The summed E-state index contributed by atoms with van der Waals surface area (Å²) in [6, 6.07) is 9.83. The smallest absolute Gasteiger partial charge is 0.242 e. The Hall–Kier alpha value is -2.76. The molecule has 6 nitrogen and oxygen atoms in total. The topological polar surface area (TPSA) is 63.9 Å². The normalized spacial score (nSPS) is 17.4. The van der Waals surface area contributed by atoms with Crippen molar-refractivity contribution in [3.63, 3.8) is 0 Å². The fraction of sp³-hybridized carbons (Fsp3) is 0.368. The lowest BCUT2D eigenvalue weighted by atomic mass is 10.1.